The smallest absolute Gasteiger partial charge is 0.295 e. The van der Waals surface area contributed by atoms with Gasteiger partial charge in [0.25, 0.3) is 17.4 Å². The first-order valence-corrected chi connectivity index (χ1v) is 9.67. The van der Waals surface area contributed by atoms with E-state index in [2.05, 4.69) is 0 Å². The molecule has 2 fully saturated rings. The van der Waals surface area contributed by atoms with Gasteiger partial charge < -0.3 is 14.7 Å². The van der Waals surface area contributed by atoms with Gasteiger partial charge in [0.05, 0.1) is 28.2 Å². The van der Waals surface area contributed by atoms with Gasteiger partial charge in [-0.1, -0.05) is 42.5 Å². The third-order valence-electron chi connectivity index (χ3n) is 5.44. The standard InChI is InChI=1S/C22H20N2O6/c25-20(14-7-2-1-3-8-14)18-19(16-10-4-5-11-17(16)24(28)29)23(22(27)21(18)26)13-15-9-6-12-30-15/h1-5,7-8,10-11,15,19,25H,6,9,12-13H2/b20-18+/t15-,19-/m0/s1. The number of carbonyl (C=O) groups is 2. The summed E-state index contributed by atoms with van der Waals surface area (Å²) in [5, 5.41) is 22.6. The molecule has 1 N–H and O–H groups in total. The van der Waals surface area contributed by atoms with E-state index >= 15 is 0 Å². The minimum absolute atomic E-state index is 0.118. The van der Waals surface area contributed by atoms with Crippen molar-refractivity contribution in [1.82, 2.24) is 4.90 Å². The van der Waals surface area contributed by atoms with E-state index in [0.29, 0.717) is 12.2 Å². The molecule has 0 radical (unpaired) electrons. The van der Waals surface area contributed by atoms with Gasteiger partial charge >= 0.3 is 0 Å². The number of ketones is 1. The van der Waals surface area contributed by atoms with Crippen molar-refractivity contribution in [2.24, 2.45) is 0 Å². The van der Waals surface area contributed by atoms with Crippen LogP contribution in [0.2, 0.25) is 0 Å². The number of nitrogens with zero attached hydrogens (tertiary/aromatic N) is 2. The van der Waals surface area contributed by atoms with Gasteiger partial charge in [0.2, 0.25) is 0 Å². The number of aliphatic hydroxyl groups excluding tert-OH is 1. The summed E-state index contributed by atoms with van der Waals surface area (Å²) in [4.78, 5) is 38.2. The molecule has 2 saturated heterocycles. The average Bonchev–Trinajstić information content (AvgIpc) is 3.36. The van der Waals surface area contributed by atoms with Gasteiger partial charge in [0.1, 0.15) is 5.76 Å². The molecular weight excluding hydrogens is 388 g/mol. The molecule has 2 aliphatic heterocycles. The van der Waals surface area contributed by atoms with Gasteiger partial charge in [-0.05, 0) is 18.9 Å². The van der Waals surface area contributed by atoms with E-state index in [1.54, 1.807) is 36.4 Å². The molecular formula is C22H20N2O6. The number of ether oxygens (including phenoxy) is 1. The van der Waals surface area contributed by atoms with E-state index in [0.717, 1.165) is 12.8 Å². The van der Waals surface area contributed by atoms with Crippen LogP contribution in [0.5, 0.6) is 0 Å². The molecule has 4 rings (SSSR count). The number of nitro benzene ring substituents is 1. The zero-order valence-electron chi connectivity index (χ0n) is 16.1. The highest BCUT2D eigenvalue weighted by molar-refractivity contribution is 6.46. The Kier molecular flexibility index (Phi) is 5.33. The molecule has 2 heterocycles. The van der Waals surface area contributed by atoms with Crippen molar-refractivity contribution < 1.29 is 24.4 Å². The maximum atomic E-state index is 12.9. The summed E-state index contributed by atoms with van der Waals surface area (Å²) in [7, 11) is 0. The zero-order valence-corrected chi connectivity index (χ0v) is 16.1. The largest absolute Gasteiger partial charge is 0.507 e. The van der Waals surface area contributed by atoms with Crippen molar-refractivity contribution in [3.63, 3.8) is 0 Å². The van der Waals surface area contributed by atoms with Crippen molar-refractivity contribution in [2.75, 3.05) is 13.2 Å². The number of para-hydroxylation sites is 1. The predicted molar refractivity (Wildman–Crippen MR) is 108 cm³/mol. The summed E-state index contributed by atoms with van der Waals surface area (Å²) < 4.78 is 5.62. The maximum absolute atomic E-state index is 12.9. The molecule has 30 heavy (non-hydrogen) atoms. The maximum Gasteiger partial charge on any atom is 0.295 e. The van der Waals surface area contributed by atoms with Crippen molar-refractivity contribution in [3.05, 3.63) is 81.4 Å². The van der Waals surface area contributed by atoms with Gasteiger partial charge in [-0.3, -0.25) is 19.7 Å². The second-order valence-electron chi connectivity index (χ2n) is 7.27. The summed E-state index contributed by atoms with van der Waals surface area (Å²) in [6.45, 7) is 0.682. The number of aliphatic hydroxyl groups is 1. The van der Waals surface area contributed by atoms with Crippen molar-refractivity contribution in [2.45, 2.75) is 25.0 Å². The summed E-state index contributed by atoms with van der Waals surface area (Å²) >= 11 is 0. The average molecular weight is 408 g/mol. The van der Waals surface area contributed by atoms with Crippen LogP contribution >= 0.6 is 0 Å². The van der Waals surface area contributed by atoms with E-state index in [-0.39, 0.29) is 35.2 Å². The molecule has 154 valence electrons. The predicted octanol–water partition coefficient (Wildman–Crippen LogP) is 3.20. The Balaban J connectivity index is 1.89. The Hall–Kier alpha value is -3.52. The number of benzene rings is 2. The van der Waals surface area contributed by atoms with Crippen molar-refractivity contribution in [3.8, 4) is 0 Å². The normalized spacial score (nSPS) is 23.1. The fraction of sp³-hybridized carbons (Fsp3) is 0.273. The first-order chi connectivity index (χ1) is 14.5. The Bertz CT molecular complexity index is 1030. The van der Waals surface area contributed by atoms with E-state index in [1.165, 1.54) is 23.1 Å². The number of hydrogen-bond acceptors (Lipinski definition) is 6. The summed E-state index contributed by atoms with van der Waals surface area (Å²) in [6.07, 6.45) is 1.31. The number of amides is 1. The summed E-state index contributed by atoms with van der Waals surface area (Å²) in [5.41, 5.74) is 0.160. The van der Waals surface area contributed by atoms with Gasteiger partial charge in [0, 0.05) is 24.8 Å². The molecule has 2 aromatic rings. The van der Waals surface area contributed by atoms with E-state index in [4.69, 9.17) is 4.74 Å². The van der Waals surface area contributed by atoms with E-state index < -0.39 is 22.7 Å². The fourth-order valence-electron chi connectivity index (χ4n) is 4.04. The molecule has 1 amide bonds. The Morgan fingerprint density at radius 1 is 1.13 bits per heavy atom. The number of hydrogen-bond donors (Lipinski definition) is 1. The molecule has 8 heteroatoms. The van der Waals surface area contributed by atoms with Crippen LogP contribution in [0.1, 0.15) is 30.0 Å². The molecule has 2 aliphatic rings. The topological polar surface area (TPSA) is 110 Å². The number of Topliss-reactive ketones (excluding diaryl/α,β-unsaturated/α-hetero) is 1. The lowest BCUT2D eigenvalue weighted by Crippen LogP contribution is -2.36. The summed E-state index contributed by atoms with van der Waals surface area (Å²) in [6, 6.07) is 13.2. The second kappa shape index (κ2) is 8.08. The molecule has 0 spiro atoms. The molecule has 0 aliphatic carbocycles. The third kappa shape index (κ3) is 3.46. The number of likely N-dealkylation sites (tertiary alicyclic amines) is 1. The Morgan fingerprint density at radius 3 is 2.50 bits per heavy atom. The minimum atomic E-state index is -1.07. The molecule has 0 aromatic heterocycles. The first kappa shape index (κ1) is 19.8. The van der Waals surface area contributed by atoms with E-state index in [1.807, 2.05) is 0 Å². The molecule has 0 bridgehead atoms. The molecule has 2 atom stereocenters. The third-order valence-corrected chi connectivity index (χ3v) is 5.44. The highest BCUT2D eigenvalue weighted by atomic mass is 16.6. The van der Waals surface area contributed by atoms with Crippen molar-refractivity contribution in [1.29, 1.82) is 0 Å². The fourth-order valence-corrected chi connectivity index (χ4v) is 4.04. The molecule has 0 saturated carbocycles. The number of carbonyl (C=O) groups excluding carboxylic acids is 2. The number of nitro groups is 1. The first-order valence-electron chi connectivity index (χ1n) is 9.67. The summed E-state index contributed by atoms with van der Waals surface area (Å²) in [5.74, 6) is -2.02. The van der Waals surface area contributed by atoms with Crippen LogP contribution in [-0.4, -0.2) is 45.9 Å². The van der Waals surface area contributed by atoms with Gasteiger partial charge in [-0.15, -0.1) is 0 Å². The highest BCUT2D eigenvalue weighted by Gasteiger charge is 2.48. The lowest BCUT2D eigenvalue weighted by atomic mass is 9.94. The lowest BCUT2D eigenvalue weighted by Gasteiger charge is -2.27. The van der Waals surface area contributed by atoms with Crippen LogP contribution in [0.25, 0.3) is 5.76 Å². The van der Waals surface area contributed by atoms with Crippen molar-refractivity contribution >= 4 is 23.1 Å². The number of rotatable bonds is 5. The lowest BCUT2D eigenvalue weighted by molar-refractivity contribution is -0.385. The Labute approximate surface area is 172 Å². The van der Waals surface area contributed by atoms with Crippen LogP contribution in [0.15, 0.2) is 60.2 Å². The van der Waals surface area contributed by atoms with Crippen LogP contribution in [0.3, 0.4) is 0 Å². The van der Waals surface area contributed by atoms with Crippen LogP contribution in [0, 0.1) is 10.1 Å². The quantitative estimate of drug-likeness (QED) is 0.267. The molecule has 8 nitrogen and oxygen atoms in total. The SMILES string of the molecule is O=C1C(=O)N(C[C@@H]2CCCO2)[C@@H](c2ccccc2[N+](=O)[O-])/C1=C(\O)c1ccccc1. The van der Waals surface area contributed by atoms with Crippen LogP contribution in [-0.2, 0) is 14.3 Å². The van der Waals surface area contributed by atoms with Gasteiger partial charge in [-0.2, -0.15) is 0 Å². The molecule has 2 aromatic carbocycles. The van der Waals surface area contributed by atoms with Crippen LogP contribution < -0.4 is 0 Å². The molecule has 0 unspecified atom stereocenters. The van der Waals surface area contributed by atoms with E-state index in [9.17, 15) is 24.8 Å². The van der Waals surface area contributed by atoms with Gasteiger partial charge in [-0.25, -0.2) is 0 Å². The monoisotopic (exact) mass is 408 g/mol. The highest BCUT2D eigenvalue weighted by Crippen LogP contribution is 2.42. The zero-order chi connectivity index (χ0) is 21.3. The minimum Gasteiger partial charge on any atom is -0.507 e. The second-order valence-corrected chi connectivity index (χ2v) is 7.27. The Morgan fingerprint density at radius 2 is 1.83 bits per heavy atom. The van der Waals surface area contributed by atoms with Crippen LogP contribution in [0.4, 0.5) is 5.69 Å². The van der Waals surface area contributed by atoms with Gasteiger partial charge in [0.15, 0.2) is 0 Å².